The first-order valence-electron chi connectivity index (χ1n) is 10.3. The summed E-state index contributed by atoms with van der Waals surface area (Å²) in [6.07, 6.45) is -2.34. The molecule has 3 heterocycles. The molecule has 1 amide bonds. The summed E-state index contributed by atoms with van der Waals surface area (Å²) in [5.41, 5.74) is 0.309. The van der Waals surface area contributed by atoms with E-state index in [9.17, 15) is 22.4 Å². The molecule has 2 aliphatic rings. The van der Waals surface area contributed by atoms with Crippen LogP contribution in [0.4, 0.5) is 23.4 Å². The van der Waals surface area contributed by atoms with Crippen LogP contribution in [-0.4, -0.2) is 38.8 Å². The van der Waals surface area contributed by atoms with Crippen LogP contribution in [0.15, 0.2) is 24.3 Å². The van der Waals surface area contributed by atoms with Crippen LogP contribution in [0.2, 0.25) is 5.02 Å². The summed E-state index contributed by atoms with van der Waals surface area (Å²) >= 11 is 6.42. The number of likely N-dealkylation sites (tertiary alicyclic amines) is 1. The standard InChI is InChI=1S/C21H23ClF4N4O/c1-11-4-3-5-12(2)29(11)20(31)18-17(22)19-27-15(13-6-8-14(23)9-7-13)10-16(21(24,25)26)30(19)28-18/h6-9,11-12,15-16,27H,3-5,10H2,1-2H3/t11-,12+,15-,16+/m0/s1. The highest BCUT2D eigenvalue weighted by Gasteiger charge is 2.48. The van der Waals surface area contributed by atoms with E-state index in [0.717, 1.165) is 23.9 Å². The van der Waals surface area contributed by atoms with Crippen molar-refractivity contribution in [3.05, 3.63) is 46.4 Å². The molecule has 4 rings (SSSR count). The van der Waals surface area contributed by atoms with Crippen LogP contribution in [0, 0.1) is 5.82 Å². The van der Waals surface area contributed by atoms with Gasteiger partial charge < -0.3 is 10.2 Å². The summed E-state index contributed by atoms with van der Waals surface area (Å²) in [6.45, 7) is 3.83. The summed E-state index contributed by atoms with van der Waals surface area (Å²) in [6, 6.07) is 2.43. The van der Waals surface area contributed by atoms with Crippen molar-refractivity contribution in [2.75, 3.05) is 5.32 Å². The Kier molecular flexibility index (Phi) is 5.66. The molecule has 0 saturated carbocycles. The third kappa shape index (κ3) is 4.00. The number of hydrogen-bond acceptors (Lipinski definition) is 3. The first-order chi connectivity index (χ1) is 14.6. The van der Waals surface area contributed by atoms with E-state index < -0.39 is 30.0 Å². The fourth-order valence-electron chi connectivity index (χ4n) is 4.58. The molecule has 0 aliphatic carbocycles. The van der Waals surface area contributed by atoms with Crippen LogP contribution in [0.25, 0.3) is 0 Å². The molecule has 0 spiro atoms. The highest BCUT2D eigenvalue weighted by Crippen LogP contribution is 2.46. The van der Waals surface area contributed by atoms with Crippen molar-refractivity contribution in [2.24, 2.45) is 0 Å². The summed E-state index contributed by atoms with van der Waals surface area (Å²) in [4.78, 5) is 14.9. The molecule has 0 radical (unpaired) electrons. The lowest BCUT2D eigenvalue weighted by atomic mass is 9.96. The van der Waals surface area contributed by atoms with Gasteiger partial charge in [0.05, 0.1) is 6.04 Å². The van der Waals surface area contributed by atoms with E-state index in [1.165, 1.54) is 24.3 Å². The molecule has 1 fully saturated rings. The van der Waals surface area contributed by atoms with Crippen molar-refractivity contribution < 1.29 is 22.4 Å². The Balaban J connectivity index is 1.74. The lowest BCUT2D eigenvalue weighted by Crippen LogP contribution is -2.47. The maximum atomic E-state index is 13.9. The Hall–Kier alpha value is -2.29. The highest BCUT2D eigenvalue weighted by atomic mass is 35.5. The number of nitrogens with zero attached hydrogens (tertiary/aromatic N) is 3. The average Bonchev–Trinajstić information content (AvgIpc) is 3.03. The van der Waals surface area contributed by atoms with Crippen LogP contribution < -0.4 is 5.32 Å². The Morgan fingerprint density at radius 3 is 2.35 bits per heavy atom. The minimum atomic E-state index is -4.60. The Labute approximate surface area is 182 Å². The number of hydrogen-bond donors (Lipinski definition) is 1. The number of carbonyl (C=O) groups is 1. The number of amides is 1. The molecule has 2 aromatic rings. The molecule has 0 bridgehead atoms. The van der Waals surface area contributed by atoms with Gasteiger partial charge in [0.25, 0.3) is 5.91 Å². The van der Waals surface area contributed by atoms with Gasteiger partial charge in [-0.15, -0.1) is 0 Å². The van der Waals surface area contributed by atoms with Crippen LogP contribution in [-0.2, 0) is 0 Å². The maximum Gasteiger partial charge on any atom is 0.410 e. The molecule has 5 nitrogen and oxygen atoms in total. The number of fused-ring (bicyclic) bond motifs is 1. The van der Waals surface area contributed by atoms with Crippen LogP contribution in [0.5, 0.6) is 0 Å². The monoisotopic (exact) mass is 458 g/mol. The van der Waals surface area contributed by atoms with Crippen LogP contribution in [0.3, 0.4) is 0 Å². The number of anilines is 1. The van der Waals surface area contributed by atoms with Crippen molar-refractivity contribution in [2.45, 2.75) is 69.9 Å². The minimum Gasteiger partial charge on any atom is -0.362 e. The smallest absolute Gasteiger partial charge is 0.362 e. The van der Waals surface area contributed by atoms with Crippen LogP contribution in [0.1, 0.15) is 67.7 Å². The number of nitrogens with one attached hydrogen (secondary N) is 1. The Morgan fingerprint density at radius 1 is 1.16 bits per heavy atom. The van der Waals surface area contributed by atoms with Gasteiger partial charge in [0.15, 0.2) is 11.7 Å². The second-order valence-corrected chi connectivity index (χ2v) is 8.72. The van der Waals surface area contributed by atoms with E-state index in [0.29, 0.717) is 5.56 Å². The molecular formula is C21H23ClF4N4O. The molecule has 168 valence electrons. The molecule has 1 aromatic heterocycles. The number of piperidine rings is 1. The van der Waals surface area contributed by atoms with Gasteiger partial charge in [-0.3, -0.25) is 4.79 Å². The van der Waals surface area contributed by atoms with Gasteiger partial charge in [0, 0.05) is 18.5 Å². The van der Waals surface area contributed by atoms with E-state index >= 15 is 0 Å². The third-order valence-corrected chi connectivity index (χ3v) is 6.56. The Morgan fingerprint density at radius 2 is 1.77 bits per heavy atom. The van der Waals surface area contributed by atoms with Gasteiger partial charge in [-0.25, -0.2) is 9.07 Å². The van der Waals surface area contributed by atoms with E-state index in [2.05, 4.69) is 10.4 Å². The molecule has 0 unspecified atom stereocenters. The van der Waals surface area contributed by atoms with Gasteiger partial charge in [-0.05, 0) is 50.8 Å². The number of benzene rings is 1. The number of halogens is 5. The number of alkyl halides is 3. The molecule has 1 aromatic carbocycles. The first kappa shape index (κ1) is 21.9. The lowest BCUT2D eigenvalue weighted by molar-refractivity contribution is -0.173. The van der Waals surface area contributed by atoms with Gasteiger partial charge in [0.1, 0.15) is 16.7 Å². The predicted molar refractivity (Wildman–Crippen MR) is 109 cm³/mol. The third-order valence-electron chi connectivity index (χ3n) is 6.20. The SMILES string of the molecule is C[C@@H]1CCC[C@H](C)N1C(=O)c1nn2c(c1Cl)N[C@H](c1ccc(F)cc1)C[C@@H]2C(F)(F)F. The fourth-order valence-corrected chi connectivity index (χ4v) is 4.84. The zero-order valence-corrected chi connectivity index (χ0v) is 17.8. The van der Waals surface area contributed by atoms with Crippen molar-refractivity contribution >= 4 is 23.3 Å². The van der Waals surface area contributed by atoms with E-state index in [-0.39, 0.29) is 35.0 Å². The molecule has 10 heteroatoms. The lowest BCUT2D eigenvalue weighted by Gasteiger charge is -2.38. The van der Waals surface area contributed by atoms with E-state index in [4.69, 9.17) is 11.6 Å². The Bertz CT molecular complexity index is 965. The molecule has 1 N–H and O–H groups in total. The van der Waals surface area contributed by atoms with Gasteiger partial charge in [-0.1, -0.05) is 23.7 Å². The van der Waals surface area contributed by atoms with Gasteiger partial charge in [0.2, 0.25) is 0 Å². The average molecular weight is 459 g/mol. The zero-order chi connectivity index (χ0) is 22.5. The minimum absolute atomic E-state index is 0.0507. The summed E-state index contributed by atoms with van der Waals surface area (Å²) in [7, 11) is 0. The number of carbonyl (C=O) groups excluding carboxylic acids is 1. The first-order valence-corrected chi connectivity index (χ1v) is 10.6. The predicted octanol–water partition coefficient (Wildman–Crippen LogP) is 5.74. The zero-order valence-electron chi connectivity index (χ0n) is 17.1. The van der Waals surface area contributed by atoms with Gasteiger partial charge >= 0.3 is 6.18 Å². The number of rotatable bonds is 2. The molecule has 1 saturated heterocycles. The second-order valence-electron chi connectivity index (χ2n) is 8.34. The normalized spacial score (nSPS) is 26.4. The van der Waals surface area contributed by atoms with E-state index in [1.807, 2.05) is 13.8 Å². The van der Waals surface area contributed by atoms with Crippen molar-refractivity contribution in [3.63, 3.8) is 0 Å². The topological polar surface area (TPSA) is 50.2 Å². The fraction of sp³-hybridized carbons (Fsp3) is 0.524. The van der Waals surface area contributed by atoms with E-state index in [1.54, 1.807) is 4.90 Å². The summed E-state index contributed by atoms with van der Waals surface area (Å²) < 4.78 is 55.8. The van der Waals surface area contributed by atoms with Crippen molar-refractivity contribution in [3.8, 4) is 0 Å². The molecule has 31 heavy (non-hydrogen) atoms. The summed E-state index contributed by atoms with van der Waals surface area (Å²) in [5.74, 6) is -0.995. The highest BCUT2D eigenvalue weighted by molar-refractivity contribution is 6.36. The van der Waals surface area contributed by atoms with Crippen LogP contribution >= 0.6 is 11.6 Å². The largest absolute Gasteiger partial charge is 0.410 e. The molecular weight excluding hydrogens is 436 g/mol. The quantitative estimate of drug-likeness (QED) is 0.584. The molecule has 4 atom stereocenters. The number of aromatic nitrogens is 2. The summed E-state index contributed by atoms with van der Waals surface area (Å²) in [5, 5.41) is 6.89. The maximum absolute atomic E-state index is 13.9. The van der Waals surface area contributed by atoms with Crippen molar-refractivity contribution in [1.29, 1.82) is 0 Å². The van der Waals surface area contributed by atoms with Gasteiger partial charge in [-0.2, -0.15) is 18.3 Å². The van der Waals surface area contributed by atoms with Crippen molar-refractivity contribution in [1.82, 2.24) is 14.7 Å². The second kappa shape index (κ2) is 8.00. The molecule has 2 aliphatic heterocycles.